The van der Waals surface area contributed by atoms with Gasteiger partial charge in [-0.05, 0) is 30.0 Å². The van der Waals surface area contributed by atoms with Crippen molar-refractivity contribution in [1.82, 2.24) is 5.32 Å². The molecule has 2 aromatic heterocycles. The number of hydrogen-bond donors (Lipinski definition) is 2. The molecule has 1 amide bonds. The predicted octanol–water partition coefficient (Wildman–Crippen LogP) is 2.12. The highest BCUT2D eigenvalue weighted by Gasteiger charge is 2.10. The number of hydrogen-bond acceptors (Lipinski definition) is 4. The summed E-state index contributed by atoms with van der Waals surface area (Å²) < 4.78 is 5.08. The monoisotopic (exact) mass is 265 g/mol. The second-order valence-corrected chi connectivity index (χ2v) is 4.96. The lowest BCUT2D eigenvalue weighted by Gasteiger charge is -2.08. The van der Waals surface area contributed by atoms with E-state index in [1.807, 2.05) is 17.5 Å². The van der Waals surface area contributed by atoms with Gasteiger partial charge in [0.15, 0.2) is 0 Å². The van der Waals surface area contributed by atoms with Crippen molar-refractivity contribution in [2.45, 2.75) is 18.9 Å². The molecule has 18 heavy (non-hydrogen) atoms. The number of aliphatic hydroxyl groups excluding tert-OH is 1. The van der Waals surface area contributed by atoms with Gasteiger partial charge in [0.1, 0.15) is 11.9 Å². The molecule has 0 aromatic carbocycles. The first-order chi connectivity index (χ1) is 8.75. The first kappa shape index (κ1) is 12.9. The zero-order chi connectivity index (χ0) is 12.8. The molecule has 0 fully saturated rings. The summed E-state index contributed by atoms with van der Waals surface area (Å²) in [6.07, 6.45) is 1.70. The molecular formula is C13H15NO3S. The number of carbonyl (C=O) groups is 1. The van der Waals surface area contributed by atoms with Crippen LogP contribution >= 0.6 is 11.3 Å². The normalized spacial score (nSPS) is 12.3. The van der Waals surface area contributed by atoms with Crippen LogP contribution in [0.2, 0.25) is 0 Å². The average Bonchev–Trinajstić information content (AvgIpc) is 3.00. The van der Waals surface area contributed by atoms with Crippen LogP contribution in [0.4, 0.5) is 0 Å². The molecule has 0 saturated heterocycles. The van der Waals surface area contributed by atoms with Crippen molar-refractivity contribution in [3.63, 3.8) is 0 Å². The van der Waals surface area contributed by atoms with E-state index >= 15 is 0 Å². The molecule has 5 heteroatoms. The Morgan fingerprint density at radius 3 is 3.00 bits per heavy atom. The second kappa shape index (κ2) is 6.37. The Hall–Kier alpha value is -1.59. The minimum atomic E-state index is -0.665. The molecule has 2 N–H and O–H groups in total. The van der Waals surface area contributed by atoms with Gasteiger partial charge in [-0.1, -0.05) is 6.07 Å². The van der Waals surface area contributed by atoms with Gasteiger partial charge in [-0.15, -0.1) is 11.3 Å². The van der Waals surface area contributed by atoms with E-state index in [1.54, 1.807) is 23.5 Å². The lowest BCUT2D eigenvalue weighted by Crippen LogP contribution is -2.26. The highest BCUT2D eigenvalue weighted by atomic mass is 32.1. The smallest absolute Gasteiger partial charge is 0.225 e. The van der Waals surface area contributed by atoms with E-state index in [-0.39, 0.29) is 5.91 Å². The zero-order valence-corrected chi connectivity index (χ0v) is 10.7. The van der Waals surface area contributed by atoms with E-state index in [9.17, 15) is 9.90 Å². The molecule has 1 atom stereocenters. The molecule has 0 unspecified atom stereocenters. The van der Waals surface area contributed by atoms with Crippen molar-refractivity contribution in [3.05, 3.63) is 46.5 Å². The third-order valence-electron chi connectivity index (χ3n) is 2.53. The number of aliphatic hydroxyl groups is 1. The zero-order valence-electron chi connectivity index (χ0n) is 9.83. The van der Waals surface area contributed by atoms with Crippen LogP contribution in [0.25, 0.3) is 0 Å². The van der Waals surface area contributed by atoms with Crippen molar-refractivity contribution in [3.8, 4) is 0 Å². The maximum atomic E-state index is 11.6. The molecule has 2 rings (SSSR count). The van der Waals surface area contributed by atoms with Gasteiger partial charge in [0.05, 0.1) is 12.7 Å². The predicted molar refractivity (Wildman–Crippen MR) is 69.3 cm³/mol. The van der Waals surface area contributed by atoms with Gasteiger partial charge in [0, 0.05) is 11.4 Å². The van der Waals surface area contributed by atoms with Gasteiger partial charge >= 0.3 is 0 Å². The van der Waals surface area contributed by atoms with Crippen LogP contribution in [-0.2, 0) is 11.2 Å². The maximum absolute atomic E-state index is 11.6. The molecule has 2 aromatic rings. The fourth-order valence-corrected chi connectivity index (χ4v) is 2.31. The molecule has 0 spiro atoms. The average molecular weight is 265 g/mol. The van der Waals surface area contributed by atoms with Crippen LogP contribution in [0.5, 0.6) is 0 Å². The lowest BCUT2D eigenvalue weighted by molar-refractivity contribution is -0.120. The van der Waals surface area contributed by atoms with E-state index in [1.165, 1.54) is 6.26 Å². The molecule has 0 radical (unpaired) electrons. The van der Waals surface area contributed by atoms with E-state index < -0.39 is 6.10 Å². The highest BCUT2D eigenvalue weighted by Crippen LogP contribution is 2.15. The maximum Gasteiger partial charge on any atom is 0.225 e. The molecular weight excluding hydrogens is 250 g/mol. The quantitative estimate of drug-likeness (QED) is 0.841. The van der Waals surface area contributed by atoms with Crippen LogP contribution in [0.3, 0.4) is 0 Å². The number of thiophene rings is 1. The van der Waals surface area contributed by atoms with Crippen molar-refractivity contribution < 1.29 is 14.3 Å². The van der Waals surface area contributed by atoms with Crippen LogP contribution in [0, 0.1) is 0 Å². The van der Waals surface area contributed by atoms with Gasteiger partial charge in [-0.3, -0.25) is 4.79 Å². The van der Waals surface area contributed by atoms with Crippen molar-refractivity contribution >= 4 is 17.2 Å². The van der Waals surface area contributed by atoms with Crippen LogP contribution in [-0.4, -0.2) is 17.6 Å². The standard InChI is InChI=1S/C13H15NO3S/c15-11(12-4-1-7-17-12)5-6-14-13(16)9-10-3-2-8-18-10/h1-4,7-8,11,15H,5-6,9H2,(H,14,16)/t11-/m0/s1. The number of furan rings is 1. The van der Waals surface area contributed by atoms with E-state index in [2.05, 4.69) is 5.32 Å². The lowest BCUT2D eigenvalue weighted by atomic mass is 10.2. The van der Waals surface area contributed by atoms with Gasteiger partial charge in [-0.2, -0.15) is 0 Å². The molecule has 0 bridgehead atoms. The Morgan fingerprint density at radius 1 is 1.44 bits per heavy atom. The van der Waals surface area contributed by atoms with Gasteiger partial charge in [0.25, 0.3) is 0 Å². The highest BCUT2D eigenvalue weighted by molar-refractivity contribution is 7.10. The van der Waals surface area contributed by atoms with E-state index in [4.69, 9.17) is 4.42 Å². The van der Waals surface area contributed by atoms with Crippen LogP contribution in [0.15, 0.2) is 40.3 Å². The Balaban J connectivity index is 1.67. The Bertz CT molecular complexity index is 464. The summed E-state index contributed by atoms with van der Waals surface area (Å²) in [5, 5.41) is 14.5. The summed E-state index contributed by atoms with van der Waals surface area (Å²) in [7, 11) is 0. The molecule has 0 saturated carbocycles. The third kappa shape index (κ3) is 3.72. The fourth-order valence-electron chi connectivity index (χ4n) is 1.61. The summed E-state index contributed by atoms with van der Waals surface area (Å²) in [6, 6.07) is 7.31. The minimum absolute atomic E-state index is 0.0240. The van der Waals surface area contributed by atoms with E-state index in [0.717, 1.165) is 4.88 Å². The SMILES string of the molecule is O=C(Cc1cccs1)NCC[C@H](O)c1ccco1. The summed E-state index contributed by atoms with van der Waals surface area (Å²) >= 11 is 1.56. The van der Waals surface area contributed by atoms with Crippen molar-refractivity contribution in [1.29, 1.82) is 0 Å². The second-order valence-electron chi connectivity index (χ2n) is 3.93. The first-order valence-corrected chi connectivity index (χ1v) is 6.64. The molecule has 0 aliphatic heterocycles. The fraction of sp³-hybridized carbons (Fsp3) is 0.308. The summed E-state index contributed by atoms with van der Waals surface area (Å²) in [6.45, 7) is 0.437. The van der Waals surface area contributed by atoms with Crippen molar-refractivity contribution in [2.24, 2.45) is 0 Å². The number of amides is 1. The molecule has 4 nitrogen and oxygen atoms in total. The summed E-state index contributed by atoms with van der Waals surface area (Å²) in [4.78, 5) is 12.6. The minimum Gasteiger partial charge on any atom is -0.467 e. The largest absolute Gasteiger partial charge is 0.467 e. The molecule has 96 valence electrons. The first-order valence-electron chi connectivity index (χ1n) is 5.76. The summed E-state index contributed by atoms with van der Waals surface area (Å²) in [5.41, 5.74) is 0. The topological polar surface area (TPSA) is 62.5 Å². The molecule has 2 heterocycles. The Kier molecular flexibility index (Phi) is 4.55. The third-order valence-corrected chi connectivity index (χ3v) is 3.40. The Labute approximate surface area is 109 Å². The van der Waals surface area contributed by atoms with Gasteiger partial charge in [-0.25, -0.2) is 0 Å². The molecule has 0 aliphatic rings. The van der Waals surface area contributed by atoms with Crippen LogP contribution in [0.1, 0.15) is 23.2 Å². The number of rotatable bonds is 6. The summed E-state index contributed by atoms with van der Waals surface area (Å²) in [5.74, 6) is 0.506. The van der Waals surface area contributed by atoms with E-state index in [0.29, 0.717) is 25.1 Å². The number of nitrogens with one attached hydrogen (secondary N) is 1. The Morgan fingerprint density at radius 2 is 2.33 bits per heavy atom. The van der Waals surface area contributed by atoms with Crippen LogP contribution < -0.4 is 5.32 Å². The van der Waals surface area contributed by atoms with Gasteiger partial charge in [0.2, 0.25) is 5.91 Å². The van der Waals surface area contributed by atoms with Crippen molar-refractivity contribution in [2.75, 3.05) is 6.54 Å². The number of carbonyl (C=O) groups excluding carboxylic acids is 1. The molecule has 0 aliphatic carbocycles. The van der Waals surface area contributed by atoms with Gasteiger partial charge < -0.3 is 14.8 Å².